The Hall–Kier alpha value is -1.72. The van der Waals surface area contributed by atoms with Crippen molar-refractivity contribution in [3.05, 3.63) is 45.9 Å². The Morgan fingerprint density at radius 2 is 1.80 bits per heavy atom. The van der Waals surface area contributed by atoms with E-state index in [1.807, 2.05) is 31.2 Å². The van der Waals surface area contributed by atoms with E-state index in [4.69, 9.17) is 0 Å². The molecule has 1 fully saturated rings. The molecule has 2 aromatic rings. The van der Waals surface area contributed by atoms with Gasteiger partial charge in [0, 0.05) is 17.6 Å². The fraction of sp³-hybridized carbons (Fsp3) is 0.500. The highest BCUT2D eigenvalue weighted by molar-refractivity contribution is 7.09. The fourth-order valence-electron chi connectivity index (χ4n) is 3.18. The molecule has 0 atom stereocenters. The van der Waals surface area contributed by atoms with Gasteiger partial charge in [0.15, 0.2) is 0 Å². The number of aromatic nitrogens is 1. The van der Waals surface area contributed by atoms with E-state index in [9.17, 15) is 4.79 Å². The molecule has 1 amide bonds. The van der Waals surface area contributed by atoms with Crippen molar-refractivity contribution in [1.82, 2.24) is 9.88 Å². The summed E-state index contributed by atoms with van der Waals surface area (Å²) in [6.45, 7) is 5.28. The number of carbonyl (C=O) groups excluding carboxylic acids is 1. The highest BCUT2D eigenvalue weighted by Gasteiger charge is 2.12. The van der Waals surface area contributed by atoms with Gasteiger partial charge in [-0.3, -0.25) is 9.69 Å². The van der Waals surface area contributed by atoms with E-state index in [1.54, 1.807) is 11.3 Å². The van der Waals surface area contributed by atoms with E-state index in [-0.39, 0.29) is 5.91 Å². The molecule has 0 bridgehead atoms. The molecular weight excluding hydrogens is 330 g/mol. The normalized spacial score (nSPS) is 16.2. The van der Waals surface area contributed by atoms with Crippen LogP contribution < -0.4 is 5.32 Å². The maximum atomic E-state index is 12.2. The van der Waals surface area contributed by atoms with Crippen LogP contribution in [0.1, 0.15) is 48.4 Å². The van der Waals surface area contributed by atoms with Crippen molar-refractivity contribution in [2.45, 2.75) is 52.0 Å². The van der Waals surface area contributed by atoms with Crippen LogP contribution >= 0.6 is 11.3 Å². The van der Waals surface area contributed by atoms with E-state index in [0.29, 0.717) is 6.42 Å². The largest absolute Gasteiger partial charge is 0.326 e. The van der Waals surface area contributed by atoms with Gasteiger partial charge in [-0.1, -0.05) is 37.0 Å². The summed E-state index contributed by atoms with van der Waals surface area (Å²) < 4.78 is 0. The monoisotopic (exact) mass is 357 g/mol. The lowest BCUT2D eigenvalue weighted by atomic mass is 10.1. The minimum Gasteiger partial charge on any atom is -0.326 e. The van der Waals surface area contributed by atoms with Crippen LogP contribution in [0.2, 0.25) is 0 Å². The molecule has 1 aromatic carbocycles. The SMILES string of the molecule is Cc1ccc(NC(=O)Cc2nc(CN3CCCCCCC3)cs2)cc1. The first-order valence-corrected chi connectivity index (χ1v) is 10.1. The first kappa shape index (κ1) is 18.1. The lowest BCUT2D eigenvalue weighted by molar-refractivity contribution is -0.115. The zero-order valence-electron chi connectivity index (χ0n) is 15.0. The molecule has 1 saturated heterocycles. The van der Waals surface area contributed by atoms with Crippen molar-refractivity contribution < 1.29 is 4.79 Å². The summed E-state index contributed by atoms with van der Waals surface area (Å²) in [4.78, 5) is 19.4. The summed E-state index contributed by atoms with van der Waals surface area (Å²) in [5, 5.41) is 5.94. The number of nitrogens with zero attached hydrogens (tertiary/aromatic N) is 2. The molecule has 1 aromatic heterocycles. The van der Waals surface area contributed by atoms with Gasteiger partial charge >= 0.3 is 0 Å². The molecule has 0 spiro atoms. The number of likely N-dealkylation sites (tertiary alicyclic amines) is 1. The third-order valence-corrected chi connectivity index (χ3v) is 5.48. The van der Waals surface area contributed by atoms with Gasteiger partial charge in [-0.15, -0.1) is 11.3 Å². The third-order valence-electron chi connectivity index (χ3n) is 4.58. The van der Waals surface area contributed by atoms with Gasteiger partial charge in [0.2, 0.25) is 5.91 Å². The molecule has 0 saturated carbocycles. The van der Waals surface area contributed by atoms with E-state index in [0.717, 1.165) is 22.9 Å². The zero-order valence-corrected chi connectivity index (χ0v) is 15.8. The minimum absolute atomic E-state index is 0.00369. The average Bonchev–Trinajstić information content (AvgIpc) is 2.99. The van der Waals surface area contributed by atoms with Gasteiger partial charge in [-0.05, 0) is 45.0 Å². The lowest BCUT2D eigenvalue weighted by Gasteiger charge is -2.23. The molecule has 25 heavy (non-hydrogen) atoms. The minimum atomic E-state index is -0.00369. The van der Waals surface area contributed by atoms with Crippen LogP contribution in [0.3, 0.4) is 0 Å². The number of benzene rings is 1. The van der Waals surface area contributed by atoms with Crippen molar-refractivity contribution in [1.29, 1.82) is 0 Å². The number of anilines is 1. The Morgan fingerprint density at radius 1 is 1.12 bits per heavy atom. The summed E-state index contributed by atoms with van der Waals surface area (Å²) in [6.07, 6.45) is 6.99. The number of rotatable bonds is 5. The molecule has 0 radical (unpaired) electrons. The number of hydrogen-bond donors (Lipinski definition) is 1. The Bertz CT molecular complexity index is 673. The molecule has 5 heteroatoms. The predicted octanol–water partition coefficient (Wildman–Crippen LogP) is 4.40. The molecule has 4 nitrogen and oxygen atoms in total. The topological polar surface area (TPSA) is 45.2 Å². The van der Waals surface area contributed by atoms with Gasteiger partial charge in [-0.25, -0.2) is 4.98 Å². The molecule has 2 heterocycles. The molecule has 1 N–H and O–H groups in total. The molecule has 0 aliphatic carbocycles. The molecule has 134 valence electrons. The molecule has 1 aliphatic rings. The summed E-state index contributed by atoms with van der Waals surface area (Å²) in [7, 11) is 0. The summed E-state index contributed by atoms with van der Waals surface area (Å²) >= 11 is 1.59. The van der Waals surface area contributed by atoms with Crippen molar-refractivity contribution in [3.63, 3.8) is 0 Å². The van der Waals surface area contributed by atoms with Crippen molar-refractivity contribution in [2.24, 2.45) is 0 Å². The van der Waals surface area contributed by atoms with Crippen molar-refractivity contribution in [2.75, 3.05) is 18.4 Å². The van der Waals surface area contributed by atoms with Crippen molar-refractivity contribution in [3.8, 4) is 0 Å². The summed E-state index contributed by atoms with van der Waals surface area (Å²) in [5.41, 5.74) is 3.13. The number of amides is 1. The molecule has 1 aliphatic heterocycles. The van der Waals surface area contributed by atoms with Crippen LogP contribution in [-0.4, -0.2) is 28.9 Å². The lowest BCUT2D eigenvalue weighted by Crippen LogP contribution is -2.27. The van der Waals surface area contributed by atoms with Crippen molar-refractivity contribution >= 4 is 22.9 Å². The molecular formula is C20H27N3OS. The highest BCUT2D eigenvalue weighted by atomic mass is 32.1. The second-order valence-electron chi connectivity index (χ2n) is 6.87. The fourth-order valence-corrected chi connectivity index (χ4v) is 3.97. The maximum Gasteiger partial charge on any atom is 0.231 e. The third kappa shape index (κ3) is 5.94. The van der Waals surface area contributed by atoms with E-state index in [2.05, 4.69) is 20.6 Å². The Kier molecular flexibility index (Phi) is 6.59. The van der Waals surface area contributed by atoms with Gasteiger partial charge in [0.1, 0.15) is 5.01 Å². The number of hydrogen-bond acceptors (Lipinski definition) is 4. The number of aryl methyl sites for hydroxylation is 1. The standard InChI is InChI=1S/C20H27N3OS/c1-16-7-9-17(10-8-16)21-19(24)13-20-22-18(15-25-20)14-23-11-5-3-2-4-6-12-23/h7-10,15H,2-6,11-14H2,1H3,(H,21,24). The van der Waals surface area contributed by atoms with Crippen LogP contribution in [0.15, 0.2) is 29.6 Å². The number of nitrogens with one attached hydrogen (secondary N) is 1. The second-order valence-corrected chi connectivity index (χ2v) is 7.81. The second kappa shape index (κ2) is 9.11. The smallest absolute Gasteiger partial charge is 0.231 e. The van der Waals surface area contributed by atoms with Crippen LogP contribution in [0.25, 0.3) is 0 Å². The maximum absolute atomic E-state index is 12.2. The quantitative estimate of drug-likeness (QED) is 0.863. The summed E-state index contributed by atoms with van der Waals surface area (Å²) in [6, 6.07) is 7.87. The van der Waals surface area contributed by atoms with Crippen LogP contribution in [0.4, 0.5) is 5.69 Å². The zero-order chi connectivity index (χ0) is 17.5. The van der Waals surface area contributed by atoms with E-state index >= 15 is 0 Å². The number of carbonyl (C=O) groups is 1. The van der Waals surface area contributed by atoms with Gasteiger partial charge < -0.3 is 5.32 Å². The van der Waals surface area contributed by atoms with Gasteiger partial charge in [-0.2, -0.15) is 0 Å². The number of thiazole rings is 1. The van der Waals surface area contributed by atoms with Crippen LogP contribution in [0, 0.1) is 6.92 Å². The Labute approximate surface area is 154 Å². The average molecular weight is 358 g/mol. The predicted molar refractivity (Wildman–Crippen MR) is 104 cm³/mol. The van der Waals surface area contributed by atoms with E-state index < -0.39 is 0 Å². The van der Waals surface area contributed by atoms with Gasteiger partial charge in [0.25, 0.3) is 0 Å². The van der Waals surface area contributed by atoms with E-state index in [1.165, 1.54) is 50.8 Å². The molecule has 3 rings (SSSR count). The first-order valence-electron chi connectivity index (χ1n) is 9.21. The Balaban J connectivity index is 1.50. The first-order chi connectivity index (χ1) is 12.2. The Morgan fingerprint density at radius 3 is 2.52 bits per heavy atom. The van der Waals surface area contributed by atoms with Gasteiger partial charge in [0.05, 0.1) is 12.1 Å². The van der Waals surface area contributed by atoms with Crippen LogP contribution in [0.5, 0.6) is 0 Å². The molecule has 0 unspecified atom stereocenters. The summed E-state index contributed by atoms with van der Waals surface area (Å²) in [5.74, 6) is -0.00369. The van der Waals surface area contributed by atoms with Crippen LogP contribution in [-0.2, 0) is 17.8 Å². The highest BCUT2D eigenvalue weighted by Crippen LogP contribution is 2.17.